The Morgan fingerprint density at radius 2 is 2.31 bits per heavy atom. The average molecular weight is 219 g/mol. The van der Waals surface area contributed by atoms with Gasteiger partial charge in [0.25, 0.3) is 0 Å². The highest BCUT2D eigenvalue weighted by Gasteiger charge is 2.55. The number of likely N-dealkylation sites (N-methyl/N-ethyl adjacent to an activating group) is 1. The van der Waals surface area contributed by atoms with Crippen LogP contribution in [0.5, 0.6) is 0 Å². The smallest absolute Gasteiger partial charge is 0.107 e. The van der Waals surface area contributed by atoms with Crippen LogP contribution in [0.3, 0.4) is 0 Å². The van der Waals surface area contributed by atoms with Crippen molar-refractivity contribution in [3.05, 3.63) is 18.2 Å². The van der Waals surface area contributed by atoms with Crippen molar-refractivity contribution >= 4 is 0 Å². The Bertz CT molecular complexity index is 323. The number of nitrogens with zero attached hydrogens (tertiary/aromatic N) is 1. The number of rotatable bonds is 5. The highest BCUT2D eigenvalue weighted by molar-refractivity contribution is 5.08. The molecule has 3 heteroatoms. The van der Waals surface area contributed by atoms with Gasteiger partial charge < -0.3 is 10.3 Å². The lowest BCUT2D eigenvalue weighted by Crippen LogP contribution is -2.34. The van der Waals surface area contributed by atoms with Crippen molar-refractivity contribution in [2.45, 2.75) is 38.6 Å². The van der Waals surface area contributed by atoms with Gasteiger partial charge in [-0.05, 0) is 37.1 Å². The monoisotopic (exact) mass is 219 g/mol. The lowest BCUT2D eigenvalue weighted by atomic mass is 10.0. The van der Waals surface area contributed by atoms with Crippen molar-refractivity contribution in [3.8, 4) is 0 Å². The van der Waals surface area contributed by atoms with Gasteiger partial charge in [0.2, 0.25) is 0 Å². The minimum Gasteiger partial charge on any atom is -0.349 e. The Hall–Kier alpha value is -0.830. The Labute approximate surface area is 97.0 Å². The molecule has 3 unspecified atom stereocenters. The molecule has 0 bridgehead atoms. The predicted molar refractivity (Wildman–Crippen MR) is 64.1 cm³/mol. The summed E-state index contributed by atoms with van der Waals surface area (Å²) >= 11 is 0. The maximum Gasteiger partial charge on any atom is 0.107 e. The van der Waals surface area contributed by atoms with Crippen molar-refractivity contribution in [2.24, 2.45) is 17.8 Å². The molecule has 0 saturated heterocycles. The van der Waals surface area contributed by atoms with E-state index < -0.39 is 0 Å². The van der Waals surface area contributed by atoms with Gasteiger partial charge in [0.05, 0.1) is 0 Å². The molecule has 0 aromatic carbocycles. The number of aromatic amines is 1. The summed E-state index contributed by atoms with van der Waals surface area (Å²) in [7, 11) is 0. The van der Waals surface area contributed by atoms with Crippen LogP contribution in [0.25, 0.3) is 0 Å². The van der Waals surface area contributed by atoms with E-state index in [1.807, 2.05) is 12.4 Å². The number of hydrogen-bond donors (Lipinski definition) is 2. The molecule has 1 aromatic heterocycles. The molecule has 3 atom stereocenters. The molecule has 2 aliphatic carbocycles. The molecule has 2 saturated carbocycles. The zero-order valence-corrected chi connectivity index (χ0v) is 9.95. The predicted octanol–water partition coefficient (Wildman–Crippen LogP) is 1.98. The van der Waals surface area contributed by atoms with Gasteiger partial charge in [-0.15, -0.1) is 0 Å². The molecular formula is C13H21N3. The van der Waals surface area contributed by atoms with Gasteiger partial charge in [-0.3, -0.25) is 0 Å². The highest BCUT2D eigenvalue weighted by Crippen LogP contribution is 2.59. The lowest BCUT2D eigenvalue weighted by Gasteiger charge is -2.18. The van der Waals surface area contributed by atoms with Crippen molar-refractivity contribution in [2.75, 3.05) is 6.54 Å². The number of H-pyrrole nitrogens is 1. The van der Waals surface area contributed by atoms with E-state index in [2.05, 4.69) is 22.2 Å². The van der Waals surface area contributed by atoms with Gasteiger partial charge in [0.15, 0.2) is 0 Å². The molecule has 0 amide bonds. The molecule has 3 nitrogen and oxygen atoms in total. The van der Waals surface area contributed by atoms with Gasteiger partial charge in [-0.1, -0.05) is 13.3 Å². The number of nitrogens with one attached hydrogen (secondary N) is 2. The molecule has 88 valence electrons. The van der Waals surface area contributed by atoms with E-state index in [-0.39, 0.29) is 0 Å². The van der Waals surface area contributed by atoms with Crippen molar-refractivity contribution in [1.29, 1.82) is 0 Å². The largest absolute Gasteiger partial charge is 0.349 e. The van der Waals surface area contributed by atoms with Gasteiger partial charge in [-0.25, -0.2) is 4.98 Å². The minimum absolute atomic E-state index is 0.645. The topological polar surface area (TPSA) is 40.7 Å². The maximum atomic E-state index is 4.35. The highest BCUT2D eigenvalue weighted by atomic mass is 15.0. The molecule has 16 heavy (non-hydrogen) atoms. The summed E-state index contributed by atoms with van der Waals surface area (Å²) in [5.74, 6) is 4.12. The van der Waals surface area contributed by atoms with Crippen LogP contribution < -0.4 is 5.32 Å². The second kappa shape index (κ2) is 4.21. The van der Waals surface area contributed by atoms with Crippen molar-refractivity contribution in [3.63, 3.8) is 0 Å². The zero-order chi connectivity index (χ0) is 11.0. The summed E-state index contributed by atoms with van der Waals surface area (Å²) in [5, 5.41) is 3.65. The van der Waals surface area contributed by atoms with Crippen LogP contribution in [-0.4, -0.2) is 22.6 Å². The molecule has 2 aliphatic rings. The minimum atomic E-state index is 0.645. The SMILES string of the molecule is CCNC(Cc1ncc[nH]1)C1C2CCCC21. The molecule has 3 rings (SSSR count). The number of aromatic nitrogens is 2. The normalized spacial score (nSPS) is 33.7. The van der Waals surface area contributed by atoms with Crippen molar-refractivity contribution in [1.82, 2.24) is 15.3 Å². The fourth-order valence-corrected chi connectivity index (χ4v) is 3.70. The third kappa shape index (κ3) is 1.77. The van der Waals surface area contributed by atoms with Crippen LogP contribution in [0, 0.1) is 17.8 Å². The van der Waals surface area contributed by atoms with E-state index in [4.69, 9.17) is 0 Å². The number of hydrogen-bond acceptors (Lipinski definition) is 2. The van der Waals surface area contributed by atoms with Crippen LogP contribution in [0.15, 0.2) is 12.4 Å². The Balaban J connectivity index is 1.63. The van der Waals surface area contributed by atoms with E-state index in [1.165, 1.54) is 19.3 Å². The fourth-order valence-electron chi connectivity index (χ4n) is 3.70. The number of imidazole rings is 1. The summed E-state index contributed by atoms with van der Waals surface area (Å²) in [6.07, 6.45) is 9.24. The van der Waals surface area contributed by atoms with Crippen LogP contribution in [0.4, 0.5) is 0 Å². The molecule has 0 spiro atoms. The molecule has 2 N–H and O–H groups in total. The summed E-state index contributed by atoms with van der Waals surface area (Å²) in [4.78, 5) is 7.57. The zero-order valence-electron chi connectivity index (χ0n) is 9.95. The van der Waals surface area contributed by atoms with E-state index in [1.54, 1.807) is 0 Å². The third-order valence-electron chi connectivity index (χ3n) is 4.37. The standard InChI is InChI=1S/C13H21N3/c1-2-14-11(8-12-15-6-7-16-12)13-9-4-3-5-10(9)13/h6-7,9-11,13-14H,2-5,8H2,1H3,(H,15,16). The van der Waals surface area contributed by atoms with Crippen LogP contribution in [-0.2, 0) is 6.42 Å². The Morgan fingerprint density at radius 3 is 2.94 bits per heavy atom. The first-order chi connectivity index (χ1) is 7.90. The molecule has 1 aromatic rings. The molecule has 0 radical (unpaired) electrons. The van der Waals surface area contributed by atoms with Gasteiger partial charge in [0, 0.05) is 24.9 Å². The van der Waals surface area contributed by atoms with E-state index in [9.17, 15) is 0 Å². The van der Waals surface area contributed by atoms with E-state index in [0.29, 0.717) is 6.04 Å². The van der Waals surface area contributed by atoms with E-state index in [0.717, 1.165) is 36.5 Å². The first-order valence-corrected chi connectivity index (χ1v) is 6.61. The van der Waals surface area contributed by atoms with Crippen LogP contribution in [0.2, 0.25) is 0 Å². The lowest BCUT2D eigenvalue weighted by molar-refractivity contribution is 0.406. The van der Waals surface area contributed by atoms with Crippen LogP contribution >= 0.6 is 0 Å². The van der Waals surface area contributed by atoms with Gasteiger partial charge in [-0.2, -0.15) is 0 Å². The van der Waals surface area contributed by atoms with Crippen LogP contribution in [0.1, 0.15) is 32.0 Å². The Morgan fingerprint density at radius 1 is 1.50 bits per heavy atom. The summed E-state index contributed by atoms with van der Waals surface area (Å²) < 4.78 is 0. The van der Waals surface area contributed by atoms with Gasteiger partial charge in [0.1, 0.15) is 5.82 Å². The first kappa shape index (κ1) is 10.3. The summed E-state index contributed by atoms with van der Waals surface area (Å²) in [5.41, 5.74) is 0. The first-order valence-electron chi connectivity index (χ1n) is 6.61. The Kier molecular flexibility index (Phi) is 2.72. The average Bonchev–Trinajstić information content (AvgIpc) is 2.76. The van der Waals surface area contributed by atoms with Gasteiger partial charge >= 0.3 is 0 Å². The molecule has 0 aliphatic heterocycles. The maximum absolute atomic E-state index is 4.35. The third-order valence-corrected chi connectivity index (χ3v) is 4.37. The second-order valence-corrected chi connectivity index (χ2v) is 5.24. The number of fused-ring (bicyclic) bond motifs is 1. The summed E-state index contributed by atoms with van der Waals surface area (Å²) in [6.45, 7) is 3.27. The summed E-state index contributed by atoms with van der Waals surface area (Å²) in [6, 6.07) is 0.645. The van der Waals surface area contributed by atoms with Crippen molar-refractivity contribution < 1.29 is 0 Å². The molecule has 1 heterocycles. The molecule has 2 fully saturated rings. The van der Waals surface area contributed by atoms with E-state index >= 15 is 0 Å². The fraction of sp³-hybridized carbons (Fsp3) is 0.769. The molecular weight excluding hydrogens is 198 g/mol. The quantitative estimate of drug-likeness (QED) is 0.795. The second-order valence-electron chi connectivity index (χ2n) is 5.24.